The standard InChI is InChI=1S/C17H24N4/c1-20-10-9-19-17(20)12-21(2)16(11-18)15-7-5-14(6-8-15)13-3-4-13/h5-10,13,16H,3-4,11-12,18H2,1-2H3. The van der Waals surface area contributed by atoms with E-state index in [0.717, 1.165) is 18.3 Å². The Bertz CT molecular complexity index is 583. The quantitative estimate of drug-likeness (QED) is 0.886. The van der Waals surface area contributed by atoms with Gasteiger partial charge in [-0.25, -0.2) is 4.98 Å². The minimum absolute atomic E-state index is 0.231. The number of hydrogen-bond donors (Lipinski definition) is 1. The molecular formula is C17H24N4. The van der Waals surface area contributed by atoms with E-state index in [1.807, 2.05) is 19.4 Å². The number of rotatable bonds is 6. The Hall–Kier alpha value is -1.65. The van der Waals surface area contributed by atoms with E-state index >= 15 is 0 Å². The number of imidazole rings is 1. The van der Waals surface area contributed by atoms with Crippen LogP contribution in [0.3, 0.4) is 0 Å². The van der Waals surface area contributed by atoms with Crippen LogP contribution in [0.5, 0.6) is 0 Å². The van der Waals surface area contributed by atoms with E-state index in [-0.39, 0.29) is 6.04 Å². The van der Waals surface area contributed by atoms with Crippen molar-refractivity contribution in [3.05, 3.63) is 53.6 Å². The lowest BCUT2D eigenvalue weighted by Crippen LogP contribution is -2.31. The Labute approximate surface area is 126 Å². The molecule has 21 heavy (non-hydrogen) atoms. The van der Waals surface area contributed by atoms with Gasteiger partial charge in [-0.05, 0) is 36.9 Å². The van der Waals surface area contributed by atoms with Gasteiger partial charge in [0.1, 0.15) is 5.82 Å². The van der Waals surface area contributed by atoms with Crippen molar-refractivity contribution in [2.75, 3.05) is 13.6 Å². The molecule has 2 aromatic rings. The molecule has 0 saturated heterocycles. The van der Waals surface area contributed by atoms with Crippen LogP contribution in [0.15, 0.2) is 36.7 Å². The van der Waals surface area contributed by atoms with E-state index in [2.05, 4.69) is 45.8 Å². The minimum Gasteiger partial charge on any atom is -0.337 e. The zero-order valence-corrected chi connectivity index (χ0v) is 12.9. The molecule has 1 aromatic heterocycles. The SMILES string of the molecule is CN(Cc1nccn1C)C(CN)c1ccc(C2CC2)cc1. The summed E-state index contributed by atoms with van der Waals surface area (Å²) in [6.07, 6.45) is 6.51. The number of benzene rings is 1. The lowest BCUT2D eigenvalue weighted by Gasteiger charge is -2.27. The molecule has 0 spiro atoms. The van der Waals surface area contributed by atoms with Crippen LogP contribution >= 0.6 is 0 Å². The maximum Gasteiger partial charge on any atom is 0.122 e. The second kappa shape index (κ2) is 6.00. The number of aryl methyl sites for hydroxylation is 1. The Kier molecular flexibility index (Phi) is 4.08. The van der Waals surface area contributed by atoms with Crippen LogP contribution in [0.1, 0.15) is 41.8 Å². The largest absolute Gasteiger partial charge is 0.337 e. The van der Waals surface area contributed by atoms with E-state index in [4.69, 9.17) is 5.73 Å². The van der Waals surface area contributed by atoms with Crippen LogP contribution in [0, 0.1) is 0 Å². The molecule has 1 aliphatic carbocycles. The number of nitrogens with two attached hydrogens (primary N) is 1. The Morgan fingerprint density at radius 1 is 1.33 bits per heavy atom. The molecular weight excluding hydrogens is 260 g/mol. The molecule has 4 nitrogen and oxygen atoms in total. The summed E-state index contributed by atoms with van der Waals surface area (Å²) in [6.45, 7) is 1.42. The normalized spacial score (nSPS) is 16.4. The summed E-state index contributed by atoms with van der Waals surface area (Å²) >= 11 is 0. The minimum atomic E-state index is 0.231. The van der Waals surface area contributed by atoms with E-state index < -0.39 is 0 Å². The molecule has 1 atom stereocenters. The first kappa shape index (κ1) is 14.3. The number of nitrogens with zero attached hydrogens (tertiary/aromatic N) is 3. The second-order valence-corrected chi connectivity index (χ2v) is 6.06. The molecule has 112 valence electrons. The summed E-state index contributed by atoms with van der Waals surface area (Å²) < 4.78 is 2.06. The Balaban J connectivity index is 1.72. The monoisotopic (exact) mass is 284 g/mol. The highest BCUT2D eigenvalue weighted by atomic mass is 15.2. The van der Waals surface area contributed by atoms with E-state index in [0.29, 0.717) is 6.54 Å². The fraction of sp³-hybridized carbons (Fsp3) is 0.471. The van der Waals surface area contributed by atoms with Gasteiger partial charge < -0.3 is 10.3 Å². The molecule has 0 amide bonds. The van der Waals surface area contributed by atoms with Crippen LogP contribution in [0.4, 0.5) is 0 Å². The summed E-state index contributed by atoms with van der Waals surface area (Å²) in [5, 5.41) is 0. The molecule has 4 heteroatoms. The first-order valence-electron chi connectivity index (χ1n) is 7.65. The summed E-state index contributed by atoms with van der Waals surface area (Å²) in [7, 11) is 4.14. The van der Waals surface area contributed by atoms with Gasteiger partial charge in [-0.15, -0.1) is 0 Å². The van der Waals surface area contributed by atoms with Crippen LogP contribution in [-0.2, 0) is 13.6 Å². The van der Waals surface area contributed by atoms with Gasteiger partial charge in [0.25, 0.3) is 0 Å². The summed E-state index contributed by atoms with van der Waals surface area (Å²) in [5.74, 6) is 1.87. The topological polar surface area (TPSA) is 47.1 Å². The molecule has 1 aromatic carbocycles. The van der Waals surface area contributed by atoms with Crippen LogP contribution in [0.25, 0.3) is 0 Å². The number of aromatic nitrogens is 2. The van der Waals surface area contributed by atoms with Gasteiger partial charge >= 0.3 is 0 Å². The maximum absolute atomic E-state index is 6.01. The van der Waals surface area contributed by atoms with Gasteiger partial charge in [0, 0.05) is 32.0 Å². The van der Waals surface area contributed by atoms with Crippen molar-refractivity contribution in [1.29, 1.82) is 0 Å². The van der Waals surface area contributed by atoms with Crippen molar-refractivity contribution in [1.82, 2.24) is 14.5 Å². The van der Waals surface area contributed by atoms with Crippen molar-refractivity contribution in [3.63, 3.8) is 0 Å². The van der Waals surface area contributed by atoms with Crippen molar-refractivity contribution >= 4 is 0 Å². The molecule has 1 heterocycles. The molecule has 0 bridgehead atoms. The van der Waals surface area contributed by atoms with E-state index in [9.17, 15) is 0 Å². The third kappa shape index (κ3) is 3.17. The summed E-state index contributed by atoms with van der Waals surface area (Å²) in [5.41, 5.74) is 8.78. The van der Waals surface area contributed by atoms with Gasteiger partial charge in [0.2, 0.25) is 0 Å². The lowest BCUT2D eigenvalue weighted by molar-refractivity contribution is 0.234. The van der Waals surface area contributed by atoms with Crippen molar-refractivity contribution in [3.8, 4) is 0 Å². The van der Waals surface area contributed by atoms with Gasteiger partial charge in [0.05, 0.1) is 6.54 Å². The van der Waals surface area contributed by atoms with E-state index in [1.54, 1.807) is 0 Å². The smallest absolute Gasteiger partial charge is 0.122 e. The fourth-order valence-corrected chi connectivity index (χ4v) is 2.86. The fourth-order valence-electron chi connectivity index (χ4n) is 2.86. The highest BCUT2D eigenvalue weighted by molar-refractivity contribution is 5.30. The lowest BCUT2D eigenvalue weighted by atomic mass is 10.0. The molecule has 1 fully saturated rings. The highest BCUT2D eigenvalue weighted by Gasteiger charge is 2.24. The van der Waals surface area contributed by atoms with Crippen LogP contribution in [-0.4, -0.2) is 28.0 Å². The van der Waals surface area contributed by atoms with Crippen molar-refractivity contribution in [2.24, 2.45) is 12.8 Å². The molecule has 0 radical (unpaired) electrons. The van der Waals surface area contributed by atoms with Gasteiger partial charge in [-0.3, -0.25) is 4.90 Å². The first-order chi connectivity index (χ1) is 10.2. The predicted molar refractivity (Wildman–Crippen MR) is 84.9 cm³/mol. The van der Waals surface area contributed by atoms with E-state index in [1.165, 1.54) is 24.0 Å². The molecule has 1 unspecified atom stereocenters. The van der Waals surface area contributed by atoms with Crippen LogP contribution in [0.2, 0.25) is 0 Å². The molecule has 3 rings (SSSR count). The molecule has 2 N–H and O–H groups in total. The average Bonchev–Trinajstić information content (AvgIpc) is 3.26. The number of hydrogen-bond acceptors (Lipinski definition) is 3. The second-order valence-electron chi connectivity index (χ2n) is 6.06. The summed E-state index contributed by atoms with van der Waals surface area (Å²) in [6, 6.07) is 9.24. The Morgan fingerprint density at radius 2 is 2.05 bits per heavy atom. The first-order valence-corrected chi connectivity index (χ1v) is 7.65. The molecule has 0 aliphatic heterocycles. The maximum atomic E-state index is 6.01. The predicted octanol–water partition coefficient (Wildman–Crippen LogP) is 2.43. The average molecular weight is 284 g/mol. The van der Waals surface area contributed by atoms with Crippen molar-refractivity contribution < 1.29 is 0 Å². The van der Waals surface area contributed by atoms with Gasteiger partial charge in [-0.2, -0.15) is 0 Å². The van der Waals surface area contributed by atoms with Gasteiger partial charge in [0.15, 0.2) is 0 Å². The zero-order chi connectivity index (χ0) is 14.8. The number of likely N-dealkylation sites (N-methyl/N-ethyl adjacent to an activating group) is 1. The molecule has 1 aliphatic rings. The molecule has 1 saturated carbocycles. The highest BCUT2D eigenvalue weighted by Crippen LogP contribution is 2.40. The van der Waals surface area contributed by atoms with Gasteiger partial charge in [-0.1, -0.05) is 24.3 Å². The third-order valence-electron chi connectivity index (χ3n) is 4.44. The van der Waals surface area contributed by atoms with Crippen LogP contribution < -0.4 is 5.73 Å². The third-order valence-corrected chi connectivity index (χ3v) is 4.44. The zero-order valence-electron chi connectivity index (χ0n) is 12.9. The van der Waals surface area contributed by atoms with Crippen molar-refractivity contribution in [2.45, 2.75) is 31.3 Å². The summed E-state index contributed by atoms with van der Waals surface area (Å²) in [4.78, 5) is 6.66. The Morgan fingerprint density at radius 3 is 2.57 bits per heavy atom.